The van der Waals surface area contributed by atoms with Crippen LogP contribution in [0.1, 0.15) is 0 Å². The SMILES string of the molecule is O=C1OC(=O)C2C3OC(C12)C1C2C=CC(S2)C31. The fraction of sp³-hybridized carbons (Fsp3) is 0.667. The first kappa shape index (κ1) is 9.16. The maximum atomic E-state index is 11.7. The summed E-state index contributed by atoms with van der Waals surface area (Å²) < 4.78 is 10.7. The minimum Gasteiger partial charge on any atom is -0.393 e. The van der Waals surface area contributed by atoms with E-state index in [0.717, 1.165) is 0 Å². The van der Waals surface area contributed by atoms with Gasteiger partial charge in [0.2, 0.25) is 0 Å². The summed E-state index contributed by atoms with van der Waals surface area (Å²) in [6, 6.07) is 0. The molecule has 0 aromatic carbocycles. The maximum Gasteiger partial charge on any atom is 0.320 e. The molecule has 4 fully saturated rings. The smallest absolute Gasteiger partial charge is 0.320 e. The lowest BCUT2D eigenvalue weighted by atomic mass is 9.65. The van der Waals surface area contributed by atoms with Gasteiger partial charge in [0.25, 0.3) is 0 Å². The normalized spacial score (nSPS) is 60.9. The van der Waals surface area contributed by atoms with Crippen LogP contribution >= 0.6 is 11.8 Å². The van der Waals surface area contributed by atoms with E-state index in [2.05, 4.69) is 12.2 Å². The molecule has 0 aromatic rings. The summed E-state index contributed by atoms with van der Waals surface area (Å²) in [6.07, 6.45) is 4.30. The standard InChI is InChI=1S/C12H10O4S/c13-11-7-8(12(14)16-11)10-6-4-2-1-3(17-4)5(6)9(7)15-10/h1-10H. The van der Waals surface area contributed by atoms with Crippen molar-refractivity contribution in [1.29, 1.82) is 0 Å². The van der Waals surface area contributed by atoms with Crippen LogP contribution in [-0.4, -0.2) is 34.6 Å². The van der Waals surface area contributed by atoms with Crippen LogP contribution in [0.5, 0.6) is 0 Å². The van der Waals surface area contributed by atoms with Crippen molar-refractivity contribution in [3.05, 3.63) is 12.2 Å². The number of carbonyl (C=O) groups is 2. The Bertz CT molecular complexity index is 447. The van der Waals surface area contributed by atoms with E-state index in [1.807, 2.05) is 11.8 Å². The maximum absolute atomic E-state index is 11.7. The van der Waals surface area contributed by atoms with Crippen molar-refractivity contribution < 1.29 is 19.1 Å². The van der Waals surface area contributed by atoms with Gasteiger partial charge in [0.15, 0.2) is 0 Å². The summed E-state index contributed by atoms with van der Waals surface area (Å²) in [5.74, 6) is -0.519. The van der Waals surface area contributed by atoms with Crippen LogP contribution in [0.2, 0.25) is 0 Å². The van der Waals surface area contributed by atoms with Gasteiger partial charge in [-0.2, -0.15) is 0 Å². The third kappa shape index (κ3) is 0.837. The van der Waals surface area contributed by atoms with E-state index in [-0.39, 0.29) is 36.0 Å². The second kappa shape index (κ2) is 2.62. The van der Waals surface area contributed by atoms with Gasteiger partial charge in [-0.15, -0.1) is 11.8 Å². The quantitative estimate of drug-likeness (QED) is 0.353. The molecule has 4 bridgehead atoms. The zero-order valence-corrected chi connectivity index (χ0v) is 9.63. The number of cyclic esters (lactones) is 2. The summed E-state index contributed by atoms with van der Waals surface area (Å²) in [5.41, 5.74) is 0. The van der Waals surface area contributed by atoms with Gasteiger partial charge in [-0.25, -0.2) is 0 Å². The summed E-state index contributed by atoms with van der Waals surface area (Å²) in [4.78, 5) is 23.4. The average Bonchev–Trinajstić information content (AvgIpc) is 3.03. The third-order valence-corrected chi connectivity index (χ3v) is 6.49. The van der Waals surface area contributed by atoms with Crippen LogP contribution in [-0.2, 0) is 19.1 Å². The molecule has 0 aliphatic carbocycles. The lowest BCUT2D eigenvalue weighted by Crippen LogP contribution is -2.44. The molecule has 5 heterocycles. The molecule has 4 saturated heterocycles. The molecule has 0 N–H and O–H groups in total. The van der Waals surface area contributed by atoms with Gasteiger partial charge in [-0.3, -0.25) is 9.59 Å². The highest BCUT2D eigenvalue weighted by atomic mass is 32.2. The zero-order valence-electron chi connectivity index (χ0n) is 8.81. The van der Waals surface area contributed by atoms with E-state index in [1.54, 1.807) is 0 Å². The first-order valence-electron chi connectivity index (χ1n) is 6.00. The fourth-order valence-electron chi connectivity index (χ4n) is 4.40. The molecular formula is C12H10O4S. The Morgan fingerprint density at radius 3 is 2.00 bits per heavy atom. The molecule has 0 saturated carbocycles. The van der Waals surface area contributed by atoms with E-state index >= 15 is 0 Å². The molecule has 17 heavy (non-hydrogen) atoms. The molecular weight excluding hydrogens is 240 g/mol. The summed E-state index contributed by atoms with van der Waals surface area (Å²) in [6.45, 7) is 0. The number of thioether (sulfide) groups is 1. The molecule has 0 spiro atoms. The molecule has 8 atom stereocenters. The number of hydrogen-bond donors (Lipinski definition) is 0. The lowest BCUT2D eigenvalue weighted by molar-refractivity contribution is -0.156. The Balaban J connectivity index is 1.64. The first-order valence-corrected chi connectivity index (χ1v) is 6.95. The van der Waals surface area contributed by atoms with E-state index in [0.29, 0.717) is 22.3 Å². The minimum atomic E-state index is -0.359. The van der Waals surface area contributed by atoms with Crippen molar-refractivity contribution in [2.45, 2.75) is 22.7 Å². The van der Waals surface area contributed by atoms with Crippen molar-refractivity contribution in [1.82, 2.24) is 0 Å². The largest absolute Gasteiger partial charge is 0.393 e. The van der Waals surface area contributed by atoms with Gasteiger partial charge < -0.3 is 9.47 Å². The summed E-state index contributed by atoms with van der Waals surface area (Å²) >= 11 is 1.96. The van der Waals surface area contributed by atoms with Crippen LogP contribution in [0.15, 0.2) is 12.2 Å². The van der Waals surface area contributed by atoms with Crippen molar-refractivity contribution in [2.24, 2.45) is 23.7 Å². The Labute approximate surface area is 102 Å². The number of carbonyl (C=O) groups excluding carboxylic acids is 2. The van der Waals surface area contributed by atoms with E-state index in [4.69, 9.17) is 9.47 Å². The number of ether oxygens (including phenoxy) is 2. The first-order chi connectivity index (χ1) is 8.25. The average molecular weight is 250 g/mol. The number of rotatable bonds is 0. The molecule has 0 radical (unpaired) electrons. The molecule has 5 aliphatic heterocycles. The minimum absolute atomic E-state index is 0.0820. The van der Waals surface area contributed by atoms with Crippen LogP contribution in [0.3, 0.4) is 0 Å². The molecule has 5 heteroatoms. The second-order valence-corrected chi connectivity index (χ2v) is 6.82. The summed E-state index contributed by atoms with van der Waals surface area (Å²) in [5, 5.41) is 0.953. The van der Waals surface area contributed by atoms with Crippen LogP contribution < -0.4 is 0 Å². The topological polar surface area (TPSA) is 52.6 Å². The van der Waals surface area contributed by atoms with Crippen molar-refractivity contribution in [3.8, 4) is 0 Å². The molecule has 4 nitrogen and oxygen atoms in total. The van der Waals surface area contributed by atoms with E-state index < -0.39 is 0 Å². The molecule has 88 valence electrons. The second-order valence-electron chi connectivity index (χ2n) is 5.46. The molecule has 5 rings (SSSR count). The van der Waals surface area contributed by atoms with E-state index in [1.165, 1.54) is 0 Å². The van der Waals surface area contributed by atoms with Gasteiger partial charge in [-0.05, 0) is 0 Å². The highest BCUT2D eigenvalue weighted by molar-refractivity contribution is 8.01. The monoisotopic (exact) mass is 250 g/mol. The Kier molecular flexibility index (Phi) is 1.41. The lowest BCUT2D eigenvalue weighted by Gasteiger charge is -2.31. The third-order valence-electron chi connectivity index (χ3n) is 4.92. The fourth-order valence-corrected chi connectivity index (χ4v) is 6.16. The number of esters is 2. The Morgan fingerprint density at radius 1 is 0.941 bits per heavy atom. The van der Waals surface area contributed by atoms with Crippen molar-refractivity contribution >= 4 is 23.7 Å². The van der Waals surface area contributed by atoms with E-state index in [9.17, 15) is 9.59 Å². The molecule has 0 amide bonds. The Morgan fingerprint density at radius 2 is 1.47 bits per heavy atom. The van der Waals surface area contributed by atoms with Gasteiger partial charge >= 0.3 is 11.9 Å². The van der Waals surface area contributed by atoms with Gasteiger partial charge in [0, 0.05) is 22.3 Å². The van der Waals surface area contributed by atoms with Gasteiger partial charge in [-0.1, -0.05) is 12.2 Å². The summed E-state index contributed by atoms with van der Waals surface area (Å²) in [7, 11) is 0. The van der Waals surface area contributed by atoms with Gasteiger partial charge in [0.1, 0.15) is 0 Å². The highest BCUT2D eigenvalue weighted by Crippen LogP contribution is 2.64. The highest BCUT2D eigenvalue weighted by Gasteiger charge is 2.72. The molecule has 0 aromatic heterocycles. The number of fused-ring (bicyclic) bond motifs is 12. The Hall–Kier alpha value is -0.810. The predicted molar refractivity (Wildman–Crippen MR) is 58.0 cm³/mol. The van der Waals surface area contributed by atoms with Crippen LogP contribution in [0, 0.1) is 23.7 Å². The van der Waals surface area contributed by atoms with Gasteiger partial charge in [0.05, 0.1) is 24.0 Å². The zero-order chi connectivity index (χ0) is 11.3. The van der Waals surface area contributed by atoms with Crippen LogP contribution in [0.25, 0.3) is 0 Å². The number of hydrogen-bond acceptors (Lipinski definition) is 5. The predicted octanol–water partition coefficient (Wildman–Crippen LogP) is 0.369. The van der Waals surface area contributed by atoms with Crippen molar-refractivity contribution in [2.75, 3.05) is 0 Å². The molecule has 5 aliphatic rings. The van der Waals surface area contributed by atoms with Crippen LogP contribution in [0.4, 0.5) is 0 Å². The molecule has 8 unspecified atom stereocenters. The van der Waals surface area contributed by atoms with Crippen molar-refractivity contribution in [3.63, 3.8) is 0 Å².